The summed E-state index contributed by atoms with van der Waals surface area (Å²) in [5, 5.41) is 23.8. The van der Waals surface area contributed by atoms with Crippen molar-refractivity contribution in [1.29, 1.82) is 0 Å². The van der Waals surface area contributed by atoms with Crippen LogP contribution in [0.25, 0.3) is 0 Å². The van der Waals surface area contributed by atoms with Gasteiger partial charge in [-0.25, -0.2) is 9.59 Å². The van der Waals surface area contributed by atoms with Gasteiger partial charge < -0.3 is 51.3 Å². The molecule has 0 spiro atoms. The first kappa shape index (κ1) is 55.5. The number of hydrogen-bond acceptors (Lipinski definition) is 8. The molecule has 12 heteroatoms. The SMILES string of the molecule is CC(C)(C)c1cc2c(OCCCN)c(c1)Cc1cc(C(C)(C)C)cc(c1OCCCNC(=O)O)Cc1cc(C(C)(C)C)cc(c1OCCCN)Cc1cc(C(C)(C)C)cc(c1OCCCNC(=O)O)C2. The van der Waals surface area contributed by atoms with Crippen LogP contribution in [0.2, 0.25) is 0 Å². The number of benzene rings is 4. The smallest absolute Gasteiger partial charge is 0.404 e. The predicted molar refractivity (Wildman–Crippen MR) is 282 cm³/mol. The van der Waals surface area contributed by atoms with E-state index in [-0.39, 0.29) is 34.7 Å². The summed E-state index contributed by atoms with van der Waals surface area (Å²) < 4.78 is 27.8. The Balaban J connectivity index is 1.97. The Kier molecular flexibility index (Phi) is 18.7. The first-order valence-electron chi connectivity index (χ1n) is 25.3. The van der Waals surface area contributed by atoms with Crippen LogP contribution in [0.4, 0.5) is 9.59 Å². The first-order valence-corrected chi connectivity index (χ1v) is 25.3. The highest BCUT2D eigenvalue weighted by Gasteiger charge is 2.29. The molecule has 0 fully saturated rings. The molecule has 0 saturated carbocycles. The Labute approximate surface area is 418 Å². The van der Waals surface area contributed by atoms with Gasteiger partial charge in [-0.1, -0.05) is 132 Å². The second-order valence-corrected chi connectivity index (χ2v) is 23.1. The highest BCUT2D eigenvalue weighted by molar-refractivity contribution is 5.65. The van der Waals surface area contributed by atoms with E-state index in [4.69, 9.17) is 30.4 Å². The molecule has 8 N–H and O–H groups in total. The van der Waals surface area contributed by atoms with Gasteiger partial charge in [-0.15, -0.1) is 0 Å². The summed E-state index contributed by atoms with van der Waals surface area (Å²) in [5.74, 6) is 3.16. The molecule has 4 aromatic carbocycles. The number of carboxylic acid groups (broad SMARTS) is 2. The van der Waals surface area contributed by atoms with Gasteiger partial charge in [0.2, 0.25) is 0 Å². The standard InChI is InChI=1S/C58H84N4O8/c1-55(2,3)45-29-37-25-41-33-47(57(7,8)9)35-43(51(41)69-23-15-19-61-53(63)64)27-39-31-46(56(4,5)6)32-40(50(39)68-22-14-18-60)28-44-36-48(58(10,11)12)34-42(52(44)70-24-16-20-62-54(65)66)26-38(30-45)49(37)67-21-13-17-59/h29-36,61-62H,13-28,59-60H2,1-12H3,(H,63,64)(H,65,66). The maximum absolute atomic E-state index is 11.5. The number of nitrogens with two attached hydrogens (primary N) is 2. The first-order chi connectivity index (χ1) is 32.8. The molecule has 12 nitrogen and oxygen atoms in total. The van der Waals surface area contributed by atoms with E-state index in [1.165, 1.54) is 11.1 Å². The normalized spacial score (nSPS) is 13.1. The number of fused-ring (bicyclic) bond motifs is 8. The summed E-state index contributed by atoms with van der Waals surface area (Å²) in [4.78, 5) is 22.9. The van der Waals surface area contributed by atoms with Gasteiger partial charge >= 0.3 is 12.2 Å². The fourth-order valence-electron chi connectivity index (χ4n) is 8.76. The Hall–Kier alpha value is -5.46. The van der Waals surface area contributed by atoms with Crippen LogP contribution in [0.5, 0.6) is 23.0 Å². The van der Waals surface area contributed by atoms with Crippen molar-refractivity contribution in [3.63, 3.8) is 0 Å². The van der Waals surface area contributed by atoms with E-state index in [0.717, 1.165) is 78.6 Å². The van der Waals surface area contributed by atoms with Crippen LogP contribution in [0.15, 0.2) is 48.5 Å². The minimum atomic E-state index is -1.06. The van der Waals surface area contributed by atoms with Crippen LogP contribution in [0.3, 0.4) is 0 Å². The summed E-state index contributed by atoms with van der Waals surface area (Å²) >= 11 is 0. The lowest BCUT2D eigenvalue weighted by molar-refractivity contribution is 0.192. The number of carbonyl (C=O) groups is 2. The van der Waals surface area contributed by atoms with Gasteiger partial charge in [0, 0.05) is 38.8 Å². The highest BCUT2D eigenvalue weighted by atomic mass is 16.5. The maximum Gasteiger partial charge on any atom is 0.404 e. The van der Waals surface area contributed by atoms with E-state index in [1.807, 2.05) is 0 Å². The molecule has 384 valence electrons. The van der Waals surface area contributed by atoms with Crippen molar-refractivity contribution in [3.05, 3.63) is 115 Å². The zero-order valence-corrected chi connectivity index (χ0v) is 44.4. The molecule has 0 aromatic heterocycles. The molecule has 70 heavy (non-hydrogen) atoms. The minimum Gasteiger partial charge on any atom is -0.493 e. The lowest BCUT2D eigenvalue weighted by Gasteiger charge is -2.29. The average molecular weight is 965 g/mol. The third kappa shape index (κ3) is 15.3. The number of amides is 2. The van der Waals surface area contributed by atoms with Gasteiger partial charge in [-0.05, 0) is 127 Å². The summed E-state index contributed by atoms with van der Waals surface area (Å²) in [6, 6.07) is 18.3. The molecule has 4 aromatic rings. The van der Waals surface area contributed by atoms with Gasteiger partial charge in [-0.3, -0.25) is 0 Å². The lowest BCUT2D eigenvalue weighted by Crippen LogP contribution is -2.23. The largest absolute Gasteiger partial charge is 0.493 e. The van der Waals surface area contributed by atoms with Gasteiger partial charge in [0.05, 0.1) is 26.4 Å². The molecular weight excluding hydrogens is 881 g/mol. The topological polar surface area (TPSA) is 188 Å². The molecular formula is C58H84N4O8. The van der Waals surface area contributed by atoms with Crippen molar-refractivity contribution >= 4 is 12.2 Å². The zero-order valence-electron chi connectivity index (χ0n) is 44.4. The highest BCUT2D eigenvalue weighted by Crippen LogP contribution is 2.44. The molecule has 0 atom stereocenters. The molecule has 0 heterocycles. The van der Waals surface area contributed by atoms with Gasteiger partial charge in [-0.2, -0.15) is 0 Å². The summed E-state index contributed by atoms with van der Waals surface area (Å²) in [5.41, 5.74) is 24.1. The van der Waals surface area contributed by atoms with Crippen LogP contribution in [-0.2, 0) is 47.3 Å². The molecule has 1 aliphatic carbocycles. The van der Waals surface area contributed by atoms with Crippen LogP contribution in [0.1, 0.15) is 176 Å². The monoisotopic (exact) mass is 965 g/mol. The van der Waals surface area contributed by atoms with E-state index < -0.39 is 12.2 Å². The Morgan fingerprint density at radius 2 is 0.614 bits per heavy atom. The fraction of sp³-hybridized carbons (Fsp3) is 0.552. The van der Waals surface area contributed by atoms with E-state index in [0.29, 0.717) is 90.9 Å². The van der Waals surface area contributed by atoms with E-state index >= 15 is 0 Å². The number of nitrogens with one attached hydrogen (secondary N) is 2. The van der Waals surface area contributed by atoms with Crippen molar-refractivity contribution < 1.29 is 38.7 Å². The van der Waals surface area contributed by atoms with Crippen molar-refractivity contribution in [1.82, 2.24) is 10.6 Å². The molecule has 0 aliphatic heterocycles. The molecule has 8 bridgehead atoms. The van der Waals surface area contributed by atoms with Gasteiger partial charge in [0.15, 0.2) is 0 Å². The number of ether oxygens (including phenoxy) is 4. The van der Waals surface area contributed by atoms with Crippen molar-refractivity contribution in [2.45, 2.75) is 156 Å². The molecule has 0 saturated heterocycles. The van der Waals surface area contributed by atoms with E-state index in [2.05, 4.69) is 142 Å². The second-order valence-electron chi connectivity index (χ2n) is 23.1. The van der Waals surface area contributed by atoms with Crippen molar-refractivity contribution in [2.75, 3.05) is 52.6 Å². The molecule has 2 amide bonds. The summed E-state index contributed by atoms with van der Waals surface area (Å²) in [7, 11) is 0. The minimum absolute atomic E-state index is 0.223. The third-order valence-corrected chi connectivity index (χ3v) is 12.8. The van der Waals surface area contributed by atoms with E-state index in [1.54, 1.807) is 0 Å². The summed E-state index contributed by atoms with van der Waals surface area (Å²) in [6.45, 7) is 29.8. The zero-order chi connectivity index (χ0) is 51.6. The van der Waals surface area contributed by atoms with Gasteiger partial charge in [0.1, 0.15) is 23.0 Å². The molecule has 0 radical (unpaired) electrons. The Morgan fingerprint density at radius 1 is 0.414 bits per heavy atom. The van der Waals surface area contributed by atoms with E-state index in [9.17, 15) is 19.8 Å². The van der Waals surface area contributed by atoms with Crippen LogP contribution >= 0.6 is 0 Å². The Morgan fingerprint density at radius 3 is 0.786 bits per heavy atom. The molecule has 5 rings (SSSR count). The fourth-order valence-corrected chi connectivity index (χ4v) is 8.76. The average Bonchev–Trinajstić information content (AvgIpc) is 3.24. The van der Waals surface area contributed by atoms with Gasteiger partial charge in [0.25, 0.3) is 0 Å². The quantitative estimate of drug-likeness (QED) is 0.0461. The van der Waals surface area contributed by atoms with Crippen LogP contribution in [-0.4, -0.2) is 75.0 Å². The molecule has 0 unspecified atom stereocenters. The number of rotatable bonds is 18. The van der Waals surface area contributed by atoms with Crippen LogP contribution < -0.4 is 41.0 Å². The predicted octanol–water partition coefficient (Wildman–Crippen LogP) is 11.1. The van der Waals surface area contributed by atoms with Crippen molar-refractivity contribution in [2.24, 2.45) is 11.5 Å². The second kappa shape index (κ2) is 23.6. The third-order valence-electron chi connectivity index (χ3n) is 12.8. The maximum atomic E-state index is 11.5. The lowest BCUT2D eigenvalue weighted by atomic mass is 9.79. The molecule has 1 aliphatic rings. The van der Waals surface area contributed by atoms with Crippen LogP contribution in [0, 0.1) is 0 Å². The van der Waals surface area contributed by atoms with Crippen molar-refractivity contribution in [3.8, 4) is 23.0 Å². The number of hydrogen-bond donors (Lipinski definition) is 6. The summed E-state index contributed by atoms with van der Waals surface area (Å²) in [6.07, 6.45) is 2.16. The Bertz CT molecular complexity index is 2170.